The third kappa shape index (κ3) is 1.88. The fourth-order valence-corrected chi connectivity index (χ4v) is 1.95. The molecule has 0 aromatic carbocycles. The first-order valence-electron chi connectivity index (χ1n) is 5.12. The van der Waals surface area contributed by atoms with E-state index >= 15 is 0 Å². The summed E-state index contributed by atoms with van der Waals surface area (Å²) in [6, 6.07) is 0.107. The lowest BCUT2D eigenvalue weighted by Gasteiger charge is -2.20. The minimum absolute atomic E-state index is 0.107. The summed E-state index contributed by atoms with van der Waals surface area (Å²) in [7, 11) is 0. The van der Waals surface area contributed by atoms with Gasteiger partial charge >= 0.3 is 0 Å². The number of nitrogens with one attached hydrogen (secondary N) is 3. The van der Waals surface area contributed by atoms with E-state index in [0.29, 0.717) is 13.0 Å². The van der Waals surface area contributed by atoms with Crippen molar-refractivity contribution in [1.29, 1.82) is 0 Å². The van der Waals surface area contributed by atoms with Crippen molar-refractivity contribution in [3.05, 3.63) is 0 Å². The first kappa shape index (κ1) is 9.86. The minimum Gasteiger partial charge on any atom is -0.349 e. The summed E-state index contributed by atoms with van der Waals surface area (Å²) >= 11 is 0. The van der Waals surface area contributed by atoms with Gasteiger partial charge in [-0.2, -0.15) is 0 Å². The van der Waals surface area contributed by atoms with Crippen LogP contribution < -0.4 is 16.0 Å². The molecule has 2 aliphatic heterocycles. The Bertz CT molecular complexity index is 222. The number of halogens is 1. The molecule has 5 heteroatoms. The van der Waals surface area contributed by atoms with Crippen LogP contribution in [0, 0.1) is 0 Å². The summed E-state index contributed by atoms with van der Waals surface area (Å²) in [5.41, 5.74) is -1.68. The van der Waals surface area contributed by atoms with Crippen LogP contribution in [-0.2, 0) is 4.79 Å². The predicted molar refractivity (Wildman–Crippen MR) is 50.7 cm³/mol. The molecule has 2 rings (SSSR count). The quantitative estimate of drug-likeness (QED) is 0.546. The van der Waals surface area contributed by atoms with Gasteiger partial charge in [0.2, 0.25) is 5.67 Å². The number of carbonyl (C=O) groups is 1. The Morgan fingerprint density at radius 2 is 2.29 bits per heavy atom. The largest absolute Gasteiger partial charge is 0.349 e. The highest BCUT2D eigenvalue weighted by atomic mass is 19.1. The maximum absolute atomic E-state index is 13.9. The topological polar surface area (TPSA) is 53.2 Å². The average Bonchev–Trinajstić information content (AvgIpc) is 2.76. The van der Waals surface area contributed by atoms with Crippen molar-refractivity contribution < 1.29 is 9.18 Å². The van der Waals surface area contributed by atoms with Crippen LogP contribution in [0.4, 0.5) is 4.39 Å². The monoisotopic (exact) mass is 201 g/mol. The number of hydrogen-bond donors (Lipinski definition) is 3. The Morgan fingerprint density at radius 1 is 1.43 bits per heavy atom. The van der Waals surface area contributed by atoms with Gasteiger partial charge in [0.25, 0.3) is 5.91 Å². The van der Waals surface area contributed by atoms with E-state index in [0.717, 1.165) is 19.5 Å². The number of rotatable bonds is 2. The molecule has 2 fully saturated rings. The van der Waals surface area contributed by atoms with E-state index in [1.807, 2.05) is 0 Å². The molecule has 1 amide bonds. The smallest absolute Gasteiger partial charge is 0.259 e. The van der Waals surface area contributed by atoms with Gasteiger partial charge in [0.15, 0.2) is 0 Å². The Labute approximate surface area is 82.6 Å². The first-order valence-corrected chi connectivity index (χ1v) is 5.12. The van der Waals surface area contributed by atoms with Crippen molar-refractivity contribution in [3.63, 3.8) is 0 Å². The highest BCUT2D eigenvalue weighted by Crippen LogP contribution is 2.20. The van der Waals surface area contributed by atoms with Gasteiger partial charge in [-0.05, 0) is 19.5 Å². The molecule has 0 aromatic heterocycles. The maximum atomic E-state index is 13.9. The number of amides is 1. The molecule has 4 nitrogen and oxygen atoms in total. The van der Waals surface area contributed by atoms with Gasteiger partial charge in [-0.1, -0.05) is 0 Å². The van der Waals surface area contributed by atoms with Crippen molar-refractivity contribution >= 4 is 5.91 Å². The predicted octanol–water partition coefficient (Wildman–Crippen LogP) is -0.834. The summed E-state index contributed by atoms with van der Waals surface area (Å²) in [6.45, 7) is 2.41. The van der Waals surface area contributed by atoms with Crippen molar-refractivity contribution in [3.8, 4) is 0 Å². The zero-order valence-corrected chi connectivity index (χ0v) is 8.11. The number of alkyl halides is 1. The minimum atomic E-state index is -1.68. The van der Waals surface area contributed by atoms with E-state index in [-0.39, 0.29) is 12.6 Å². The molecule has 0 aliphatic carbocycles. The van der Waals surface area contributed by atoms with Gasteiger partial charge in [-0.25, -0.2) is 4.39 Å². The molecular weight excluding hydrogens is 185 g/mol. The molecule has 80 valence electrons. The summed E-state index contributed by atoms with van der Waals surface area (Å²) in [6.07, 6.45) is 1.19. The second kappa shape index (κ2) is 3.82. The Kier molecular flexibility index (Phi) is 2.69. The Hall–Kier alpha value is -0.680. The standard InChI is InChI=1S/C9H16FN3O/c10-9(2-4-12-6-9)8(14)13-7-1-3-11-5-7/h7,11-12H,1-6H2,(H,13,14). The van der Waals surface area contributed by atoms with Gasteiger partial charge < -0.3 is 16.0 Å². The fourth-order valence-electron chi connectivity index (χ4n) is 1.95. The van der Waals surface area contributed by atoms with Crippen LogP contribution in [0.5, 0.6) is 0 Å². The van der Waals surface area contributed by atoms with Crippen molar-refractivity contribution in [2.75, 3.05) is 26.2 Å². The second-order valence-corrected chi connectivity index (χ2v) is 4.06. The lowest BCUT2D eigenvalue weighted by Crippen LogP contribution is -2.49. The van der Waals surface area contributed by atoms with Gasteiger partial charge in [0.1, 0.15) is 0 Å². The van der Waals surface area contributed by atoms with Gasteiger partial charge in [0.05, 0.1) is 0 Å². The Morgan fingerprint density at radius 3 is 2.86 bits per heavy atom. The zero-order chi connectivity index (χ0) is 10.0. The number of carbonyl (C=O) groups excluding carboxylic acids is 1. The molecule has 2 heterocycles. The van der Waals surface area contributed by atoms with Crippen LogP contribution in [0.1, 0.15) is 12.8 Å². The molecule has 2 saturated heterocycles. The molecule has 0 spiro atoms. The highest BCUT2D eigenvalue weighted by molar-refractivity contribution is 5.86. The van der Waals surface area contributed by atoms with Crippen molar-refractivity contribution in [1.82, 2.24) is 16.0 Å². The molecule has 2 unspecified atom stereocenters. The molecule has 0 radical (unpaired) electrons. The van der Waals surface area contributed by atoms with Gasteiger partial charge in [-0.3, -0.25) is 4.79 Å². The van der Waals surface area contributed by atoms with Gasteiger partial charge in [-0.15, -0.1) is 0 Å². The lowest BCUT2D eigenvalue weighted by molar-refractivity contribution is -0.132. The average molecular weight is 201 g/mol. The first-order chi connectivity index (χ1) is 6.71. The zero-order valence-electron chi connectivity index (χ0n) is 8.11. The molecule has 0 aromatic rings. The molecule has 3 N–H and O–H groups in total. The maximum Gasteiger partial charge on any atom is 0.259 e. The second-order valence-electron chi connectivity index (χ2n) is 4.06. The van der Waals surface area contributed by atoms with Crippen LogP contribution in [0.2, 0.25) is 0 Å². The molecular formula is C9H16FN3O. The van der Waals surface area contributed by atoms with E-state index in [1.165, 1.54) is 0 Å². The molecule has 14 heavy (non-hydrogen) atoms. The SMILES string of the molecule is O=C(NC1CCNC1)C1(F)CCNC1. The summed E-state index contributed by atoms with van der Waals surface area (Å²) in [5.74, 6) is -0.448. The fraction of sp³-hybridized carbons (Fsp3) is 0.889. The third-order valence-electron chi connectivity index (χ3n) is 2.91. The van der Waals surface area contributed by atoms with Crippen LogP contribution >= 0.6 is 0 Å². The van der Waals surface area contributed by atoms with E-state index < -0.39 is 11.6 Å². The van der Waals surface area contributed by atoms with Gasteiger partial charge in [0, 0.05) is 25.6 Å². The van der Waals surface area contributed by atoms with Crippen LogP contribution in [0.25, 0.3) is 0 Å². The van der Waals surface area contributed by atoms with Crippen LogP contribution in [0.3, 0.4) is 0 Å². The highest BCUT2D eigenvalue weighted by Gasteiger charge is 2.42. The van der Waals surface area contributed by atoms with E-state index in [1.54, 1.807) is 0 Å². The normalized spacial score (nSPS) is 37.4. The van der Waals surface area contributed by atoms with Crippen molar-refractivity contribution in [2.45, 2.75) is 24.6 Å². The molecule has 2 atom stereocenters. The van der Waals surface area contributed by atoms with Crippen molar-refractivity contribution in [2.24, 2.45) is 0 Å². The number of hydrogen-bond acceptors (Lipinski definition) is 3. The summed E-state index contributed by atoms with van der Waals surface area (Å²) in [5, 5.41) is 8.74. The summed E-state index contributed by atoms with van der Waals surface area (Å²) < 4.78 is 13.9. The molecule has 2 aliphatic rings. The van der Waals surface area contributed by atoms with E-state index in [4.69, 9.17) is 0 Å². The Balaban J connectivity index is 1.87. The van der Waals surface area contributed by atoms with E-state index in [2.05, 4.69) is 16.0 Å². The lowest BCUT2D eigenvalue weighted by atomic mass is 10.0. The van der Waals surface area contributed by atoms with E-state index in [9.17, 15) is 9.18 Å². The summed E-state index contributed by atoms with van der Waals surface area (Å²) in [4.78, 5) is 11.6. The molecule has 0 bridgehead atoms. The third-order valence-corrected chi connectivity index (χ3v) is 2.91. The van der Waals surface area contributed by atoms with Crippen LogP contribution in [0.15, 0.2) is 0 Å². The molecule has 0 saturated carbocycles. The van der Waals surface area contributed by atoms with Crippen LogP contribution in [-0.4, -0.2) is 43.8 Å².